The quantitative estimate of drug-likeness (QED) is 0.335. The standard InChI is InChI=1S/C24H28N4OS/c1-15(2)17-7-10-20(21(12-17)16(3)4)22(29)14-30-24-27-26-23(28(24)19-8-9-19)18-6-5-11-25-13-18/h5-7,10-13,15-16,19H,8-9,14H2,1-4H3. The summed E-state index contributed by atoms with van der Waals surface area (Å²) in [6, 6.07) is 10.6. The van der Waals surface area contributed by atoms with Gasteiger partial charge in [0, 0.05) is 29.6 Å². The molecule has 3 aromatic rings. The first-order valence-electron chi connectivity index (χ1n) is 10.6. The van der Waals surface area contributed by atoms with Gasteiger partial charge in [-0.3, -0.25) is 14.3 Å². The number of rotatable bonds is 8. The van der Waals surface area contributed by atoms with Crippen molar-refractivity contribution in [3.63, 3.8) is 0 Å². The molecule has 0 unspecified atom stereocenters. The molecule has 2 heterocycles. The largest absolute Gasteiger partial charge is 0.299 e. The van der Waals surface area contributed by atoms with Gasteiger partial charge in [0.25, 0.3) is 0 Å². The minimum atomic E-state index is 0.146. The molecule has 0 amide bonds. The summed E-state index contributed by atoms with van der Waals surface area (Å²) >= 11 is 1.48. The van der Waals surface area contributed by atoms with Crippen LogP contribution in [0.3, 0.4) is 0 Å². The van der Waals surface area contributed by atoms with Gasteiger partial charge in [-0.15, -0.1) is 10.2 Å². The average Bonchev–Trinajstić information content (AvgIpc) is 3.50. The molecule has 5 nitrogen and oxygen atoms in total. The van der Waals surface area contributed by atoms with Crippen molar-refractivity contribution in [1.29, 1.82) is 0 Å². The Hall–Kier alpha value is -2.47. The first-order valence-corrected chi connectivity index (χ1v) is 11.6. The molecule has 6 heteroatoms. The number of carbonyl (C=O) groups excluding carboxylic acids is 1. The van der Waals surface area contributed by atoms with Crippen LogP contribution in [0.1, 0.15) is 79.9 Å². The molecule has 0 saturated heterocycles. The maximum atomic E-state index is 13.1. The van der Waals surface area contributed by atoms with Crippen molar-refractivity contribution in [1.82, 2.24) is 19.7 Å². The number of hydrogen-bond donors (Lipinski definition) is 0. The van der Waals surface area contributed by atoms with Crippen molar-refractivity contribution in [3.8, 4) is 11.4 Å². The summed E-state index contributed by atoms with van der Waals surface area (Å²) in [5.74, 6) is 2.10. The van der Waals surface area contributed by atoms with Gasteiger partial charge in [-0.25, -0.2) is 0 Å². The molecule has 1 saturated carbocycles. The monoisotopic (exact) mass is 420 g/mol. The summed E-state index contributed by atoms with van der Waals surface area (Å²) < 4.78 is 2.18. The van der Waals surface area contributed by atoms with Gasteiger partial charge in [-0.1, -0.05) is 57.7 Å². The smallest absolute Gasteiger partial charge is 0.192 e. The molecule has 1 fully saturated rings. The topological polar surface area (TPSA) is 60.7 Å². The van der Waals surface area contributed by atoms with E-state index < -0.39 is 0 Å². The number of aromatic nitrogens is 4. The molecule has 0 N–H and O–H groups in total. The number of thioether (sulfide) groups is 1. The Labute approximate surface area is 182 Å². The molecule has 0 aliphatic heterocycles. The van der Waals surface area contributed by atoms with E-state index in [2.05, 4.69) is 59.6 Å². The van der Waals surface area contributed by atoms with Crippen molar-refractivity contribution < 1.29 is 4.79 Å². The van der Waals surface area contributed by atoms with E-state index in [1.54, 1.807) is 6.20 Å². The number of hydrogen-bond acceptors (Lipinski definition) is 5. The average molecular weight is 421 g/mol. The molecule has 1 aliphatic carbocycles. The van der Waals surface area contributed by atoms with Gasteiger partial charge in [0.05, 0.1) is 5.75 Å². The predicted octanol–water partition coefficient (Wildman–Crippen LogP) is 5.90. The van der Waals surface area contributed by atoms with E-state index in [-0.39, 0.29) is 5.78 Å². The SMILES string of the molecule is CC(C)c1ccc(C(=O)CSc2nnc(-c3cccnc3)n2C2CC2)c(C(C)C)c1. The van der Waals surface area contributed by atoms with Gasteiger partial charge in [0.15, 0.2) is 16.8 Å². The van der Waals surface area contributed by atoms with E-state index in [1.165, 1.54) is 17.3 Å². The molecule has 0 radical (unpaired) electrons. The minimum Gasteiger partial charge on any atom is -0.299 e. The van der Waals surface area contributed by atoms with Crippen molar-refractivity contribution >= 4 is 17.5 Å². The molecule has 30 heavy (non-hydrogen) atoms. The molecular formula is C24H28N4OS. The van der Waals surface area contributed by atoms with E-state index in [9.17, 15) is 4.79 Å². The lowest BCUT2D eigenvalue weighted by molar-refractivity contribution is 0.102. The van der Waals surface area contributed by atoms with Gasteiger partial charge in [0.1, 0.15) is 0 Å². The van der Waals surface area contributed by atoms with Crippen LogP contribution in [0.2, 0.25) is 0 Å². The Balaban J connectivity index is 1.56. The van der Waals surface area contributed by atoms with E-state index in [1.807, 2.05) is 24.4 Å². The van der Waals surface area contributed by atoms with Crippen LogP contribution in [-0.2, 0) is 0 Å². The Morgan fingerprint density at radius 3 is 2.57 bits per heavy atom. The third-order valence-corrected chi connectivity index (χ3v) is 6.44. The minimum absolute atomic E-state index is 0.146. The summed E-state index contributed by atoms with van der Waals surface area (Å²) in [5, 5.41) is 9.64. The summed E-state index contributed by atoms with van der Waals surface area (Å²) in [5.41, 5.74) is 4.19. The third-order valence-electron chi connectivity index (χ3n) is 5.49. The Morgan fingerprint density at radius 1 is 1.13 bits per heavy atom. The maximum absolute atomic E-state index is 13.1. The van der Waals surface area contributed by atoms with Gasteiger partial charge < -0.3 is 0 Å². The van der Waals surface area contributed by atoms with Crippen LogP contribution in [0, 0.1) is 0 Å². The number of pyridine rings is 1. The molecular weight excluding hydrogens is 392 g/mol. The second kappa shape index (κ2) is 8.72. The Morgan fingerprint density at radius 2 is 1.93 bits per heavy atom. The van der Waals surface area contributed by atoms with Crippen molar-refractivity contribution in [2.24, 2.45) is 0 Å². The maximum Gasteiger partial charge on any atom is 0.192 e. The van der Waals surface area contributed by atoms with E-state index in [0.29, 0.717) is 23.6 Å². The van der Waals surface area contributed by atoms with Crippen LogP contribution in [0.25, 0.3) is 11.4 Å². The van der Waals surface area contributed by atoms with Crippen LogP contribution < -0.4 is 0 Å². The summed E-state index contributed by atoms with van der Waals surface area (Å²) in [7, 11) is 0. The number of Topliss-reactive ketones (excluding diaryl/α,β-unsaturated/α-hetero) is 1. The summed E-state index contributed by atoms with van der Waals surface area (Å²) in [6.07, 6.45) is 5.82. The molecule has 156 valence electrons. The lowest BCUT2D eigenvalue weighted by atomic mass is 9.90. The second-order valence-corrected chi connectivity index (χ2v) is 9.46. The summed E-state index contributed by atoms with van der Waals surface area (Å²) in [4.78, 5) is 17.3. The first-order chi connectivity index (χ1) is 14.5. The number of benzene rings is 1. The molecule has 2 aromatic heterocycles. The fraction of sp³-hybridized carbons (Fsp3) is 0.417. The van der Waals surface area contributed by atoms with Gasteiger partial charge in [-0.2, -0.15) is 0 Å². The molecule has 1 aromatic carbocycles. The third kappa shape index (κ3) is 4.33. The van der Waals surface area contributed by atoms with Gasteiger partial charge in [-0.05, 0) is 47.9 Å². The molecule has 4 rings (SSSR count). The zero-order chi connectivity index (χ0) is 21.3. The molecule has 0 spiro atoms. The lowest BCUT2D eigenvalue weighted by Crippen LogP contribution is -2.10. The fourth-order valence-electron chi connectivity index (χ4n) is 3.61. The number of ketones is 1. The highest BCUT2D eigenvalue weighted by Crippen LogP contribution is 2.41. The lowest BCUT2D eigenvalue weighted by Gasteiger charge is -2.15. The Kier molecular flexibility index (Phi) is 6.04. The number of nitrogens with zero attached hydrogens (tertiary/aromatic N) is 4. The zero-order valence-electron chi connectivity index (χ0n) is 18.0. The van der Waals surface area contributed by atoms with E-state index in [4.69, 9.17) is 0 Å². The fourth-order valence-corrected chi connectivity index (χ4v) is 4.50. The molecule has 1 aliphatic rings. The van der Waals surface area contributed by atoms with Crippen molar-refractivity contribution in [2.45, 2.75) is 63.6 Å². The van der Waals surface area contributed by atoms with Gasteiger partial charge >= 0.3 is 0 Å². The van der Waals surface area contributed by atoms with Gasteiger partial charge in [0.2, 0.25) is 0 Å². The highest BCUT2D eigenvalue weighted by atomic mass is 32.2. The highest BCUT2D eigenvalue weighted by molar-refractivity contribution is 7.99. The van der Waals surface area contributed by atoms with E-state index in [0.717, 1.165) is 40.5 Å². The van der Waals surface area contributed by atoms with Crippen LogP contribution in [0.15, 0.2) is 47.9 Å². The highest BCUT2D eigenvalue weighted by Gasteiger charge is 2.30. The Bertz CT molecular complexity index is 1040. The number of carbonyl (C=O) groups is 1. The summed E-state index contributed by atoms with van der Waals surface area (Å²) in [6.45, 7) is 8.66. The van der Waals surface area contributed by atoms with Crippen LogP contribution in [0.5, 0.6) is 0 Å². The molecule has 0 bridgehead atoms. The van der Waals surface area contributed by atoms with Crippen LogP contribution in [-0.4, -0.2) is 31.3 Å². The normalized spacial score (nSPS) is 13.9. The predicted molar refractivity (Wildman–Crippen MR) is 121 cm³/mol. The molecule has 0 atom stereocenters. The van der Waals surface area contributed by atoms with Crippen LogP contribution >= 0.6 is 11.8 Å². The zero-order valence-corrected chi connectivity index (χ0v) is 18.8. The van der Waals surface area contributed by atoms with E-state index >= 15 is 0 Å². The first kappa shape index (κ1) is 20.8. The van der Waals surface area contributed by atoms with Crippen molar-refractivity contribution in [3.05, 3.63) is 59.4 Å². The second-order valence-electron chi connectivity index (χ2n) is 8.52. The van der Waals surface area contributed by atoms with Crippen LogP contribution in [0.4, 0.5) is 0 Å². The van der Waals surface area contributed by atoms with Crippen molar-refractivity contribution in [2.75, 3.05) is 5.75 Å².